The van der Waals surface area contributed by atoms with Gasteiger partial charge in [0.2, 0.25) is 0 Å². The monoisotopic (exact) mass is 966 g/mol. The maximum Gasteiger partial charge on any atom is 0.410 e. The number of nitrogens with one attached hydrogen (secondary N) is 1. The molecule has 2 aromatic heterocycles. The zero-order valence-corrected chi connectivity index (χ0v) is 43.4. The first-order valence-corrected chi connectivity index (χ1v) is 27.5. The van der Waals surface area contributed by atoms with Crippen LogP contribution in [0.1, 0.15) is 115 Å². The molecule has 0 atom stereocenters. The molecule has 0 radical (unpaired) electrons. The summed E-state index contributed by atoms with van der Waals surface area (Å²) in [6.45, 7) is 18.2. The first kappa shape index (κ1) is 48.8. The average Bonchev–Trinajstić information content (AvgIpc) is 3.84. The summed E-state index contributed by atoms with van der Waals surface area (Å²) in [7, 11) is 0. The fourth-order valence-corrected chi connectivity index (χ4v) is 11.4. The number of piperidine rings is 2. The van der Waals surface area contributed by atoms with Gasteiger partial charge in [-0.1, -0.05) is 38.1 Å². The maximum absolute atomic E-state index is 13.4. The predicted octanol–water partition coefficient (Wildman–Crippen LogP) is 11.5. The molecule has 0 aliphatic carbocycles. The van der Waals surface area contributed by atoms with E-state index in [0.29, 0.717) is 19.0 Å². The van der Waals surface area contributed by atoms with E-state index in [1.165, 1.54) is 48.8 Å². The van der Waals surface area contributed by atoms with Crippen LogP contribution in [0.5, 0.6) is 0 Å². The number of thioether (sulfide) groups is 2. The fourth-order valence-electron chi connectivity index (χ4n) is 10.6. The van der Waals surface area contributed by atoms with Gasteiger partial charge in [-0.3, -0.25) is 9.59 Å². The molecule has 0 saturated carbocycles. The summed E-state index contributed by atoms with van der Waals surface area (Å²) >= 11 is 3.52. The molecule has 3 amide bonds. The van der Waals surface area contributed by atoms with Crippen LogP contribution in [-0.2, 0) is 43.8 Å². The molecule has 1 N–H and O–H groups in total. The molecule has 12 heteroatoms. The molecule has 4 aliphatic heterocycles. The number of carbonyl (C=O) groups excluding carboxylic acids is 3. The minimum absolute atomic E-state index is 0.104. The number of rotatable bonds is 8. The van der Waals surface area contributed by atoms with Gasteiger partial charge in [-0.25, -0.2) is 4.79 Å². The Morgan fingerprint density at radius 3 is 1.54 bits per heavy atom. The van der Waals surface area contributed by atoms with Crippen molar-refractivity contribution in [2.75, 3.05) is 51.8 Å². The third-order valence-electron chi connectivity index (χ3n) is 14.7. The van der Waals surface area contributed by atoms with Crippen LogP contribution in [0.4, 0.5) is 4.79 Å². The third kappa shape index (κ3) is 10.9. The number of aromatic nitrogens is 2. The summed E-state index contributed by atoms with van der Waals surface area (Å²) in [6.07, 6.45) is 10.0. The lowest BCUT2D eigenvalue weighted by Crippen LogP contribution is -2.40. The molecule has 2 saturated heterocycles. The number of nitrogens with zero attached hydrogens (tertiary/aromatic N) is 5. The second kappa shape index (κ2) is 21.0. The van der Waals surface area contributed by atoms with E-state index in [4.69, 9.17) is 4.74 Å². The van der Waals surface area contributed by atoms with Crippen molar-refractivity contribution >= 4 is 63.2 Å². The highest BCUT2D eigenvalue weighted by Gasteiger charge is 2.31. The van der Waals surface area contributed by atoms with Gasteiger partial charge in [0.1, 0.15) is 5.60 Å². The highest BCUT2D eigenvalue weighted by atomic mass is 32.2. The summed E-state index contributed by atoms with van der Waals surface area (Å²) < 4.78 is 10.5. The van der Waals surface area contributed by atoms with Crippen molar-refractivity contribution in [2.24, 2.45) is 11.8 Å². The summed E-state index contributed by atoms with van der Waals surface area (Å²) in [4.78, 5) is 47.9. The Bertz CT molecular complexity index is 2810. The molecule has 0 bridgehead atoms. The number of benzene rings is 4. The van der Waals surface area contributed by atoms with E-state index in [0.717, 1.165) is 124 Å². The van der Waals surface area contributed by atoms with Crippen molar-refractivity contribution in [1.82, 2.24) is 29.2 Å². The lowest BCUT2D eigenvalue weighted by atomic mass is 9.98. The molecule has 4 aromatic carbocycles. The number of fused-ring (bicyclic) bond motifs is 6. The van der Waals surface area contributed by atoms with Crippen LogP contribution >= 0.6 is 23.5 Å². The van der Waals surface area contributed by atoms with Gasteiger partial charge in [0.15, 0.2) is 0 Å². The van der Waals surface area contributed by atoms with Crippen LogP contribution in [0.3, 0.4) is 0 Å². The second-order valence-corrected chi connectivity index (χ2v) is 22.5. The van der Waals surface area contributed by atoms with Crippen molar-refractivity contribution < 1.29 is 19.1 Å². The van der Waals surface area contributed by atoms with E-state index < -0.39 is 5.60 Å². The van der Waals surface area contributed by atoms with E-state index in [1.807, 2.05) is 42.7 Å². The predicted molar refractivity (Wildman–Crippen MR) is 283 cm³/mol. The minimum atomic E-state index is -0.542. The van der Waals surface area contributed by atoms with E-state index in [9.17, 15) is 14.4 Å². The molecule has 0 unspecified atom stereocenters. The summed E-state index contributed by atoms with van der Waals surface area (Å²) in [5.41, 5.74) is 11.1. The minimum Gasteiger partial charge on any atom is -0.444 e. The average molecular weight is 967 g/mol. The Morgan fingerprint density at radius 1 is 0.609 bits per heavy atom. The van der Waals surface area contributed by atoms with Crippen molar-refractivity contribution in [3.8, 4) is 0 Å². The number of amides is 3. The van der Waals surface area contributed by atoms with E-state index in [2.05, 4.69) is 114 Å². The zero-order chi connectivity index (χ0) is 48.4. The van der Waals surface area contributed by atoms with Crippen LogP contribution in [0, 0.1) is 11.8 Å². The summed E-state index contributed by atoms with van der Waals surface area (Å²) in [5.74, 6) is 1.69. The van der Waals surface area contributed by atoms with Gasteiger partial charge in [0.25, 0.3) is 11.8 Å². The lowest BCUT2D eigenvalue weighted by molar-refractivity contribution is 0.0223. The van der Waals surface area contributed by atoms with E-state index in [1.54, 1.807) is 28.4 Å². The molecular weight excluding hydrogens is 897 g/mol. The number of ether oxygens (including phenoxy) is 1. The normalized spacial score (nSPS) is 16.8. The topological polar surface area (TPSA) is 92.0 Å². The van der Waals surface area contributed by atoms with Crippen LogP contribution in [0.15, 0.2) is 94.7 Å². The van der Waals surface area contributed by atoms with Gasteiger partial charge in [-0.2, -0.15) is 0 Å². The number of likely N-dealkylation sites (tertiary alicyclic amines) is 2. The van der Waals surface area contributed by atoms with Crippen molar-refractivity contribution in [3.05, 3.63) is 130 Å². The summed E-state index contributed by atoms with van der Waals surface area (Å²) in [6, 6.07) is 30.1. The van der Waals surface area contributed by atoms with Crippen molar-refractivity contribution in [2.45, 2.75) is 115 Å². The second-order valence-electron chi connectivity index (χ2n) is 20.7. The number of hydrogen-bond donors (Lipinski definition) is 1. The molecule has 0 spiro atoms. The Morgan fingerprint density at radius 2 is 1.07 bits per heavy atom. The van der Waals surface area contributed by atoms with Crippen LogP contribution in [0.25, 0.3) is 21.8 Å². The SMILES string of the molecule is CSc1ccc(Cn2c3c(c4cc(C(=O)N5CCC(C)CC5)ccc42)CN(C(=O)OC(C)(C)C)CC3)cc1.CSc1ccc(Cn2c3c(c4cc(C(=O)N5CCC(C)CC5)ccc42)CNCC3)cc1. The Hall–Kier alpha value is -5.17. The molecule has 4 aliphatic rings. The van der Waals surface area contributed by atoms with Crippen LogP contribution in [-0.4, -0.2) is 99.1 Å². The zero-order valence-electron chi connectivity index (χ0n) is 41.7. The van der Waals surface area contributed by atoms with Crippen molar-refractivity contribution in [1.29, 1.82) is 0 Å². The first-order valence-electron chi connectivity index (χ1n) is 25.1. The Kier molecular flexibility index (Phi) is 14.9. The quantitative estimate of drug-likeness (QED) is 0.152. The smallest absolute Gasteiger partial charge is 0.410 e. The fraction of sp³-hybridized carbons (Fsp3) is 0.456. The molecule has 69 heavy (non-hydrogen) atoms. The molecule has 10 rings (SSSR count). The number of carbonyl (C=O) groups is 3. The van der Waals surface area contributed by atoms with Gasteiger partial charge in [-0.05, 0) is 148 Å². The molecular formula is C57H70N6O4S2. The third-order valence-corrected chi connectivity index (χ3v) is 16.2. The van der Waals surface area contributed by atoms with Gasteiger partial charge >= 0.3 is 6.09 Å². The summed E-state index contributed by atoms with van der Waals surface area (Å²) in [5, 5.41) is 5.83. The lowest BCUT2D eigenvalue weighted by Gasteiger charge is -2.31. The van der Waals surface area contributed by atoms with Crippen molar-refractivity contribution in [3.63, 3.8) is 0 Å². The molecule has 6 aromatic rings. The van der Waals surface area contributed by atoms with Gasteiger partial charge < -0.3 is 33.9 Å². The molecule has 2 fully saturated rings. The first-order chi connectivity index (χ1) is 33.3. The molecule has 10 nitrogen and oxygen atoms in total. The van der Waals surface area contributed by atoms with Crippen LogP contribution in [0.2, 0.25) is 0 Å². The largest absolute Gasteiger partial charge is 0.444 e. The number of hydrogen-bond acceptors (Lipinski definition) is 7. The standard InChI is InChI=1S/C31H39N3O3S.C26H31N3OS/c1-21-12-15-32(16-13-21)29(35)23-8-11-27-25(18-23)26-20-33(30(36)37-31(2,3)4)17-14-28(26)34(27)19-22-6-9-24(38-5)10-7-22;1-18-10-13-28(14-11-18)26(30)20-5-8-24-22(15-20)23-16-27-12-9-25(23)29(24)17-19-3-6-21(31-2)7-4-19/h6-11,18,21H,12-17,19-20H2,1-5H3;3-8,15,18,27H,9-14,16-17H2,1-2H3. The Labute approximate surface area is 417 Å². The Balaban J connectivity index is 0.000000175. The highest BCUT2D eigenvalue weighted by molar-refractivity contribution is 7.98. The van der Waals surface area contributed by atoms with Gasteiger partial charge in [0, 0.05) is 131 Å². The van der Waals surface area contributed by atoms with Gasteiger partial charge in [-0.15, -0.1) is 23.5 Å². The maximum atomic E-state index is 13.4. The molecule has 364 valence electrons. The highest BCUT2D eigenvalue weighted by Crippen LogP contribution is 2.35. The van der Waals surface area contributed by atoms with E-state index in [-0.39, 0.29) is 17.9 Å². The molecule has 6 heterocycles. The van der Waals surface area contributed by atoms with Gasteiger partial charge in [0.05, 0.1) is 6.54 Å². The van der Waals surface area contributed by atoms with E-state index >= 15 is 0 Å². The van der Waals surface area contributed by atoms with Crippen LogP contribution < -0.4 is 5.32 Å².